The van der Waals surface area contributed by atoms with E-state index in [1.54, 1.807) is 26.2 Å². The van der Waals surface area contributed by atoms with E-state index in [0.717, 1.165) is 22.6 Å². The number of esters is 1. The number of hydrogen-bond acceptors (Lipinski definition) is 4. The molecular weight excluding hydrogens is 439 g/mol. The van der Waals surface area contributed by atoms with E-state index in [9.17, 15) is 9.59 Å². The van der Waals surface area contributed by atoms with Gasteiger partial charge >= 0.3 is 5.97 Å². The Labute approximate surface area is 191 Å². The number of methoxy groups -OCH3 is 2. The Hall–Kier alpha value is -2.54. The van der Waals surface area contributed by atoms with Crippen LogP contribution in [0.1, 0.15) is 23.9 Å². The molecule has 8 heteroatoms. The number of hydrogen-bond donors (Lipinski definition) is 0. The van der Waals surface area contributed by atoms with E-state index >= 15 is 0 Å². The van der Waals surface area contributed by atoms with Crippen LogP contribution in [0.15, 0.2) is 41.1 Å². The zero-order valence-electron chi connectivity index (χ0n) is 18.1. The largest absolute Gasteiger partial charge is 0.465 e. The molecule has 0 saturated heterocycles. The smallest absolute Gasteiger partial charge is 0.340 e. The number of aryl methyl sites for hydroxylation is 1. The Kier molecular flexibility index (Phi) is 6.94. The zero-order valence-corrected chi connectivity index (χ0v) is 19.6. The summed E-state index contributed by atoms with van der Waals surface area (Å²) >= 11 is 12.4. The average molecular weight is 463 g/mol. The molecule has 2 aromatic rings. The number of carbonyl (C=O) groups excluding carboxylic acids is 2. The van der Waals surface area contributed by atoms with Crippen molar-refractivity contribution >= 4 is 41.2 Å². The summed E-state index contributed by atoms with van der Waals surface area (Å²) in [5, 5.41) is 1.06. The van der Waals surface area contributed by atoms with Crippen LogP contribution in [0.2, 0.25) is 10.0 Å². The van der Waals surface area contributed by atoms with Crippen LogP contribution >= 0.6 is 23.2 Å². The van der Waals surface area contributed by atoms with E-state index in [-0.39, 0.29) is 11.5 Å². The van der Waals surface area contributed by atoms with E-state index in [1.807, 2.05) is 36.6 Å². The number of allylic oxidation sites excluding steroid dienone is 1. The number of nitrogens with zero attached hydrogens (tertiary/aromatic N) is 2. The number of aromatic nitrogens is 1. The number of rotatable bonds is 6. The van der Waals surface area contributed by atoms with E-state index in [4.69, 9.17) is 32.7 Å². The lowest BCUT2D eigenvalue weighted by Crippen LogP contribution is -2.28. The van der Waals surface area contributed by atoms with Crippen molar-refractivity contribution in [3.8, 4) is 5.69 Å². The van der Waals surface area contributed by atoms with Crippen LogP contribution in [0.4, 0.5) is 0 Å². The summed E-state index contributed by atoms with van der Waals surface area (Å²) in [5.74, 6) is -0.807. The Bertz CT molecular complexity index is 1090. The summed E-state index contributed by atoms with van der Waals surface area (Å²) < 4.78 is 12.1. The molecule has 31 heavy (non-hydrogen) atoms. The van der Waals surface area contributed by atoms with Gasteiger partial charge in [-0.25, -0.2) is 4.79 Å². The third kappa shape index (κ3) is 4.42. The van der Waals surface area contributed by atoms with Crippen LogP contribution in [0.3, 0.4) is 0 Å². The standard InChI is InChI=1S/C23H24Cl2N2O4/c1-13-8-16(14(2)27(13)19-11-17(24)10-18(25)12-19)9-20-21(23(29)31-5)15(3)26(22(20)28)6-7-30-4/h8-12H,6-7H2,1-5H3. The number of ether oxygens (including phenoxy) is 2. The molecule has 1 aliphatic rings. The zero-order chi connectivity index (χ0) is 22.9. The summed E-state index contributed by atoms with van der Waals surface area (Å²) in [4.78, 5) is 27.1. The van der Waals surface area contributed by atoms with Crippen LogP contribution in [0.25, 0.3) is 11.8 Å². The highest BCUT2D eigenvalue weighted by Crippen LogP contribution is 2.33. The first-order chi connectivity index (χ1) is 14.7. The highest BCUT2D eigenvalue weighted by molar-refractivity contribution is 6.34. The second kappa shape index (κ2) is 9.30. The predicted octanol–water partition coefficient (Wildman–Crippen LogP) is 4.72. The summed E-state index contributed by atoms with van der Waals surface area (Å²) in [6.45, 7) is 6.32. The summed E-state index contributed by atoms with van der Waals surface area (Å²) in [7, 11) is 2.87. The first kappa shape index (κ1) is 23.1. The lowest BCUT2D eigenvalue weighted by Gasteiger charge is -2.16. The van der Waals surface area contributed by atoms with Gasteiger partial charge in [-0.1, -0.05) is 23.2 Å². The van der Waals surface area contributed by atoms with Crippen LogP contribution in [-0.2, 0) is 19.1 Å². The molecule has 1 aromatic carbocycles. The fourth-order valence-electron chi connectivity index (χ4n) is 3.83. The molecule has 0 spiro atoms. The molecule has 1 aromatic heterocycles. The SMILES string of the molecule is COCCN1C(=O)C(=Cc2cc(C)n(-c3cc(Cl)cc(Cl)c3)c2C)C(C(=O)OC)=C1C. The molecule has 0 atom stereocenters. The second-order valence-corrected chi connectivity index (χ2v) is 8.12. The molecule has 1 amide bonds. The number of benzene rings is 1. The van der Waals surface area contributed by atoms with Gasteiger partial charge in [0.2, 0.25) is 0 Å². The van der Waals surface area contributed by atoms with Crippen LogP contribution in [-0.4, -0.2) is 48.7 Å². The van der Waals surface area contributed by atoms with E-state index < -0.39 is 5.97 Å². The van der Waals surface area contributed by atoms with Crippen molar-refractivity contribution in [3.63, 3.8) is 0 Å². The maximum absolute atomic E-state index is 13.1. The Morgan fingerprint density at radius 2 is 1.71 bits per heavy atom. The van der Waals surface area contributed by atoms with E-state index in [2.05, 4.69) is 0 Å². The first-order valence-corrected chi connectivity index (χ1v) is 10.4. The lowest BCUT2D eigenvalue weighted by molar-refractivity contribution is -0.136. The average Bonchev–Trinajstić information content (AvgIpc) is 3.11. The third-order valence-corrected chi connectivity index (χ3v) is 5.73. The molecule has 0 bridgehead atoms. The summed E-state index contributed by atoms with van der Waals surface area (Å²) in [6.07, 6.45) is 1.73. The minimum Gasteiger partial charge on any atom is -0.465 e. The Balaban J connectivity index is 2.12. The molecule has 0 aliphatic carbocycles. The van der Waals surface area contributed by atoms with Crippen LogP contribution < -0.4 is 0 Å². The van der Waals surface area contributed by atoms with Gasteiger partial charge in [0.05, 0.1) is 24.9 Å². The summed E-state index contributed by atoms with van der Waals surface area (Å²) in [5.41, 5.74) is 4.55. The van der Waals surface area contributed by atoms with Crippen molar-refractivity contribution in [2.75, 3.05) is 27.4 Å². The monoisotopic (exact) mass is 462 g/mol. The fraction of sp³-hybridized carbons (Fsp3) is 0.304. The minimum absolute atomic E-state index is 0.259. The van der Waals surface area contributed by atoms with Gasteiger partial charge in [0.25, 0.3) is 5.91 Å². The van der Waals surface area contributed by atoms with Gasteiger partial charge in [-0.15, -0.1) is 0 Å². The van der Waals surface area contributed by atoms with Crippen molar-refractivity contribution in [2.24, 2.45) is 0 Å². The molecule has 0 unspecified atom stereocenters. The van der Waals surface area contributed by atoms with Crippen LogP contribution in [0, 0.1) is 13.8 Å². The molecule has 3 rings (SSSR count). The van der Waals surface area contributed by atoms with Crippen molar-refractivity contribution in [3.05, 3.63) is 68.1 Å². The van der Waals surface area contributed by atoms with Gasteiger partial charge in [0.1, 0.15) is 0 Å². The van der Waals surface area contributed by atoms with Gasteiger partial charge in [0.15, 0.2) is 0 Å². The van der Waals surface area contributed by atoms with Gasteiger partial charge in [-0.2, -0.15) is 0 Å². The molecular formula is C23H24Cl2N2O4. The van der Waals surface area contributed by atoms with Crippen molar-refractivity contribution in [1.82, 2.24) is 9.47 Å². The topological polar surface area (TPSA) is 60.8 Å². The molecule has 0 fully saturated rings. The normalized spacial score (nSPS) is 15.4. The molecule has 164 valence electrons. The predicted molar refractivity (Wildman–Crippen MR) is 122 cm³/mol. The fourth-order valence-corrected chi connectivity index (χ4v) is 4.35. The quantitative estimate of drug-likeness (QED) is 0.460. The number of carbonyl (C=O) groups is 2. The maximum Gasteiger partial charge on any atom is 0.340 e. The molecule has 6 nitrogen and oxygen atoms in total. The molecule has 0 N–H and O–H groups in total. The van der Waals surface area contributed by atoms with E-state index in [0.29, 0.717) is 34.5 Å². The van der Waals surface area contributed by atoms with Gasteiger partial charge in [-0.3, -0.25) is 4.79 Å². The van der Waals surface area contributed by atoms with Gasteiger partial charge in [-0.05, 0) is 56.7 Å². The van der Waals surface area contributed by atoms with Gasteiger partial charge < -0.3 is 18.9 Å². The minimum atomic E-state index is -0.549. The van der Waals surface area contributed by atoms with Crippen molar-refractivity contribution < 1.29 is 19.1 Å². The molecule has 1 aliphatic heterocycles. The number of halogens is 2. The molecule has 2 heterocycles. The number of amides is 1. The lowest BCUT2D eigenvalue weighted by atomic mass is 10.0. The molecule has 0 radical (unpaired) electrons. The Morgan fingerprint density at radius 1 is 1.06 bits per heavy atom. The first-order valence-electron chi connectivity index (χ1n) is 9.67. The third-order valence-electron chi connectivity index (χ3n) is 5.30. The maximum atomic E-state index is 13.1. The Morgan fingerprint density at radius 3 is 2.29 bits per heavy atom. The highest BCUT2D eigenvalue weighted by Gasteiger charge is 2.37. The van der Waals surface area contributed by atoms with Crippen LogP contribution in [0.5, 0.6) is 0 Å². The van der Waals surface area contributed by atoms with Crippen molar-refractivity contribution in [2.45, 2.75) is 20.8 Å². The second-order valence-electron chi connectivity index (χ2n) is 7.25. The summed E-state index contributed by atoms with van der Waals surface area (Å²) in [6, 6.07) is 7.27. The van der Waals surface area contributed by atoms with Crippen molar-refractivity contribution in [1.29, 1.82) is 0 Å². The highest BCUT2D eigenvalue weighted by atomic mass is 35.5. The molecule has 0 saturated carbocycles. The van der Waals surface area contributed by atoms with Gasteiger partial charge in [0, 0.05) is 46.5 Å². The van der Waals surface area contributed by atoms with E-state index in [1.165, 1.54) is 12.0 Å².